The summed E-state index contributed by atoms with van der Waals surface area (Å²) in [6, 6.07) is 12.5. The molecule has 1 atom stereocenters. The molecular weight excluding hydrogens is 351 g/mol. The minimum Gasteiger partial charge on any atom is -0.497 e. The Morgan fingerprint density at radius 1 is 1.04 bits per heavy atom. The fourth-order valence-corrected chi connectivity index (χ4v) is 2.40. The van der Waals surface area contributed by atoms with Crippen molar-refractivity contribution < 1.29 is 13.9 Å². The topological polar surface area (TPSA) is 57.4 Å². The van der Waals surface area contributed by atoms with E-state index in [1.807, 2.05) is 24.3 Å². The van der Waals surface area contributed by atoms with Crippen molar-refractivity contribution in [3.05, 3.63) is 58.4 Å². The van der Waals surface area contributed by atoms with Crippen molar-refractivity contribution in [3.8, 4) is 23.0 Å². The summed E-state index contributed by atoms with van der Waals surface area (Å²) in [7, 11) is 1.61. The van der Waals surface area contributed by atoms with E-state index in [-0.39, 0.29) is 0 Å². The van der Waals surface area contributed by atoms with Crippen molar-refractivity contribution in [1.82, 2.24) is 10.2 Å². The predicted molar refractivity (Wildman–Crippen MR) is 91.8 cm³/mol. The van der Waals surface area contributed by atoms with E-state index in [4.69, 9.17) is 37.1 Å². The van der Waals surface area contributed by atoms with Crippen LogP contribution in [-0.2, 0) is 0 Å². The van der Waals surface area contributed by atoms with Gasteiger partial charge in [0.15, 0.2) is 6.10 Å². The molecule has 0 unspecified atom stereocenters. The van der Waals surface area contributed by atoms with Crippen LogP contribution < -0.4 is 9.47 Å². The van der Waals surface area contributed by atoms with Gasteiger partial charge in [-0.1, -0.05) is 29.3 Å². The Morgan fingerprint density at radius 2 is 1.79 bits per heavy atom. The number of hydrogen-bond donors (Lipinski definition) is 0. The number of rotatable bonds is 5. The van der Waals surface area contributed by atoms with E-state index in [0.29, 0.717) is 27.6 Å². The highest BCUT2D eigenvalue weighted by Crippen LogP contribution is 2.34. The normalized spacial score (nSPS) is 12.0. The molecule has 7 heteroatoms. The molecule has 2 aromatic carbocycles. The van der Waals surface area contributed by atoms with Crippen molar-refractivity contribution in [2.24, 2.45) is 0 Å². The molecule has 124 valence electrons. The Bertz CT molecular complexity index is 834. The Labute approximate surface area is 149 Å². The largest absolute Gasteiger partial charge is 0.497 e. The van der Waals surface area contributed by atoms with E-state index in [9.17, 15) is 0 Å². The number of halogens is 2. The third-order valence-corrected chi connectivity index (χ3v) is 4.15. The fraction of sp³-hybridized carbons (Fsp3) is 0.176. The van der Waals surface area contributed by atoms with Crippen LogP contribution in [0.5, 0.6) is 11.5 Å². The van der Waals surface area contributed by atoms with Crippen molar-refractivity contribution >= 4 is 23.2 Å². The maximum absolute atomic E-state index is 6.12. The SMILES string of the molecule is COc1ccc(-c2nnc([C@H](C)Oc3cccc(Cl)c3Cl)o2)cc1. The van der Waals surface area contributed by atoms with Crippen LogP contribution in [0.15, 0.2) is 46.9 Å². The summed E-state index contributed by atoms with van der Waals surface area (Å²) in [6.07, 6.45) is -0.472. The molecule has 0 N–H and O–H groups in total. The molecule has 0 fully saturated rings. The Balaban J connectivity index is 1.78. The first-order valence-corrected chi connectivity index (χ1v) is 7.92. The van der Waals surface area contributed by atoms with Crippen LogP contribution in [0, 0.1) is 0 Å². The van der Waals surface area contributed by atoms with Gasteiger partial charge in [-0.15, -0.1) is 10.2 Å². The lowest BCUT2D eigenvalue weighted by Crippen LogP contribution is -2.04. The van der Waals surface area contributed by atoms with Gasteiger partial charge in [0, 0.05) is 5.56 Å². The maximum atomic E-state index is 6.12. The van der Waals surface area contributed by atoms with E-state index in [1.165, 1.54) is 0 Å². The number of hydrogen-bond acceptors (Lipinski definition) is 5. The van der Waals surface area contributed by atoms with Crippen LogP contribution in [0.4, 0.5) is 0 Å². The van der Waals surface area contributed by atoms with E-state index in [2.05, 4.69) is 10.2 Å². The first-order chi connectivity index (χ1) is 11.6. The molecule has 3 rings (SSSR count). The summed E-state index contributed by atoms with van der Waals surface area (Å²) in [5.74, 6) is 1.96. The average molecular weight is 365 g/mol. The molecule has 0 spiro atoms. The van der Waals surface area contributed by atoms with Crippen LogP contribution in [0.3, 0.4) is 0 Å². The van der Waals surface area contributed by atoms with Crippen molar-refractivity contribution in [2.45, 2.75) is 13.0 Å². The lowest BCUT2D eigenvalue weighted by molar-refractivity contribution is 0.190. The van der Waals surface area contributed by atoms with E-state index in [1.54, 1.807) is 32.2 Å². The molecule has 0 saturated carbocycles. The van der Waals surface area contributed by atoms with Gasteiger partial charge in [0.2, 0.25) is 5.89 Å². The average Bonchev–Trinajstić information content (AvgIpc) is 3.09. The summed E-state index contributed by atoms with van der Waals surface area (Å²) >= 11 is 12.1. The molecule has 0 bridgehead atoms. The minimum absolute atomic E-state index is 0.344. The molecule has 0 aliphatic heterocycles. The Hall–Kier alpha value is -2.24. The first-order valence-electron chi connectivity index (χ1n) is 7.17. The lowest BCUT2D eigenvalue weighted by Gasteiger charge is -2.12. The van der Waals surface area contributed by atoms with E-state index in [0.717, 1.165) is 11.3 Å². The van der Waals surface area contributed by atoms with E-state index < -0.39 is 6.10 Å². The molecule has 0 aliphatic rings. The van der Waals surface area contributed by atoms with Gasteiger partial charge in [0.25, 0.3) is 5.89 Å². The fourth-order valence-electron chi connectivity index (χ4n) is 2.06. The lowest BCUT2D eigenvalue weighted by atomic mass is 10.2. The molecule has 1 heterocycles. The second-order valence-corrected chi connectivity index (χ2v) is 5.77. The maximum Gasteiger partial charge on any atom is 0.257 e. The van der Waals surface area contributed by atoms with Crippen LogP contribution in [0.2, 0.25) is 10.0 Å². The molecule has 3 aromatic rings. The van der Waals surface area contributed by atoms with Gasteiger partial charge < -0.3 is 13.9 Å². The summed E-state index contributed by atoms with van der Waals surface area (Å²) in [6.45, 7) is 1.79. The zero-order valence-electron chi connectivity index (χ0n) is 13.0. The third kappa shape index (κ3) is 3.47. The third-order valence-electron chi connectivity index (χ3n) is 3.35. The van der Waals surface area contributed by atoms with Gasteiger partial charge >= 0.3 is 0 Å². The molecule has 5 nitrogen and oxygen atoms in total. The molecule has 0 saturated heterocycles. The van der Waals surface area contributed by atoms with Gasteiger partial charge in [-0.25, -0.2) is 0 Å². The zero-order chi connectivity index (χ0) is 17.1. The second kappa shape index (κ2) is 7.11. The number of methoxy groups -OCH3 is 1. The molecule has 0 aliphatic carbocycles. The van der Waals surface area contributed by atoms with Gasteiger partial charge in [0.1, 0.15) is 16.5 Å². The number of aromatic nitrogens is 2. The van der Waals surface area contributed by atoms with Crippen molar-refractivity contribution in [3.63, 3.8) is 0 Å². The second-order valence-electron chi connectivity index (χ2n) is 4.99. The molecule has 24 heavy (non-hydrogen) atoms. The summed E-state index contributed by atoms with van der Waals surface area (Å²) in [4.78, 5) is 0. The standard InChI is InChI=1S/C17H14Cl2N2O3/c1-10(23-14-5-3-4-13(18)15(14)19)16-20-21-17(24-16)11-6-8-12(22-2)9-7-11/h3-10H,1-2H3/t10-/m0/s1. The quantitative estimate of drug-likeness (QED) is 0.623. The number of benzene rings is 2. The zero-order valence-corrected chi connectivity index (χ0v) is 14.5. The molecule has 1 aromatic heterocycles. The summed E-state index contributed by atoms with van der Waals surface area (Å²) < 4.78 is 16.6. The Morgan fingerprint density at radius 3 is 2.50 bits per heavy atom. The smallest absolute Gasteiger partial charge is 0.257 e. The number of ether oxygens (including phenoxy) is 2. The van der Waals surface area contributed by atoms with Gasteiger partial charge in [-0.05, 0) is 43.3 Å². The number of nitrogens with zero attached hydrogens (tertiary/aromatic N) is 2. The highest BCUT2D eigenvalue weighted by Gasteiger charge is 2.18. The highest BCUT2D eigenvalue weighted by molar-refractivity contribution is 6.42. The van der Waals surface area contributed by atoms with Crippen LogP contribution >= 0.6 is 23.2 Å². The first kappa shape index (κ1) is 16.6. The van der Waals surface area contributed by atoms with Crippen molar-refractivity contribution in [2.75, 3.05) is 7.11 Å². The van der Waals surface area contributed by atoms with Crippen LogP contribution in [0.25, 0.3) is 11.5 Å². The van der Waals surface area contributed by atoms with E-state index >= 15 is 0 Å². The summed E-state index contributed by atoms with van der Waals surface area (Å²) in [5.41, 5.74) is 0.794. The van der Waals surface area contributed by atoms with Gasteiger partial charge in [-0.3, -0.25) is 0 Å². The molecular formula is C17H14Cl2N2O3. The van der Waals surface area contributed by atoms with Gasteiger partial charge in [0.05, 0.1) is 12.1 Å². The summed E-state index contributed by atoms with van der Waals surface area (Å²) in [5, 5.41) is 8.85. The van der Waals surface area contributed by atoms with Crippen molar-refractivity contribution in [1.29, 1.82) is 0 Å². The van der Waals surface area contributed by atoms with Crippen LogP contribution in [0.1, 0.15) is 18.9 Å². The Kier molecular flexibility index (Phi) is 4.92. The monoisotopic (exact) mass is 364 g/mol. The minimum atomic E-state index is -0.472. The van der Waals surface area contributed by atoms with Gasteiger partial charge in [-0.2, -0.15) is 0 Å². The highest BCUT2D eigenvalue weighted by atomic mass is 35.5. The van der Waals surface area contributed by atoms with Crippen LogP contribution in [-0.4, -0.2) is 17.3 Å². The molecule has 0 amide bonds. The predicted octanol–water partition coefficient (Wildman–Crippen LogP) is 5.19. The molecule has 0 radical (unpaired) electrons.